The molecule has 2 aliphatic rings. The van der Waals surface area contributed by atoms with Crippen LogP contribution in [-0.4, -0.2) is 70.2 Å². The zero-order valence-electron chi connectivity index (χ0n) is 19.7. The molecule has 2 heterocycles. The van der Waals surface area contributed by atoms with E-state index in [1.807, 2.05) is 0 Å². The average molecular weight is 451 g/mol. The highest BCUT2D eigenvalue weighted by Crippen LogP contribution is 2.24. The molecule has 0 aromatic carbocycles. The number of carbonyl (C=O) groups excluding carboxylic acids is 6. The van der Waals surface area contributed by atoms with Crippen LogP contribution in [-0.2, 0) is 28.8 Å². The van der Waals surface area contributed by atoms with Gasteiger partial charge in [0.15, 0.2) is 0 Å². The van der Waals surface area contributed by atoms with Crippen LogP contribution in [0.15, 0.2) is 0 Å². The van der Waals surface area contributed by atoms with Gasteiger partial charge in [0, 0.05) is 23.9 Å². The van der Waals surface area contributed by atoms with Crippen LogP contribution < -0.4 is 10.9 Å². The number of Topliss-reactive ketones (excluding diaryl/α,β-unsaturated/α-hetero) is 2. The molecule has 10 heteroatoms. The van der Waals surface area contributed by atoms with Crippen molar-refractivity contribution < 1.29 is 28.8 Å². The second-order valence-corrected chi connectivity index (χ2v) is 10.4. The Morgan fingerprint density at radius 3 is 1.22 bits per heavy atom. The molecule has 0 radical (unpaired) electrons. The Hall–Kier alpha value is -2.78. The van der Waals surface area contributed by atoms with E-state index in [2.05, 4.69) is 10.9 Å². The zero-order valence-corrected chi connectivity index (χ0v) is 19.7. The predicted octanol–water partition coefficient (Wildman–Crippen LogP) is 0.346. The van der Waals surface area contributed by atoms with E-state index >= 15 is 0 Å². The summed E-state index contributed by atoms with van der Waals surface area (Å²) in [4.78, 5) is 77.5. The lowest BCUT2D eigenvalue weighted by Crippen LogP contribution is -2.57. The predicted molar refractivity (Wildman–Crippen MR) is 115 cm³/mol. The Morgan fingerprint density at radius 2 is 0.938 bits per heavy atom. The first kappa shape index (κ1) is 25.5. The summed E-state index contributed by atoms with van der Waals surface area (Å²) in [5.41, 5.74) is 2.91. The second kappa shape index (κ2) is 9.38. The van der Waals surface area contributed by atoms with Crippen LogP contribution >= 0.6 is 0 Å². The number of likely N-dealkylation sites (tertiary alicyclic amines) is 2. The van der Waals surface area contributed by atoms with Crippen molar-refractivity contribution in [3.63, 3.8) is 0 Å². The van der Waals surface area contributed by atoms with E-state index in [0.717, 1.165) is 0 Å². The number of nitrogens with one attached hydrogen (secondary N) is 2. The Labute approximate surface area is 188 Å². The van der Waals surface area contributed by atoms with E-state index in [9.17, 15) is 28.8 Å². The lowest BCUT2D eigenvalue weighted by Gasteiger charge is -2.28. The molecule has 2 N–H and O–H groups in total. The largest absolute Gasteiger partial charge is 0.324 e. The van der Waals surface area contributed by atoms with E-state index in [1.54, 1.807) is 41.5 Å². The maximum Gasteiger partial charge on any atom is 0.291 e. The van der Waals surface area contributed by atoms with Crippen molar-refractivity contribution >= 4 is 35.2 Å². The van der Waals surface area contributed by atoms with Gasteiger partial charge in [-0.15, -0.1) is 0 Å². The van der Waals surface area contributed by atoms with Gasteiger partial charge in [-0.25, -0.2) is 0 Å². The molecule has 10 nitrogen and oxygen atoms in total. The van der Waals surface area contributed by atoms with Crippen molar-refractivity contribution in [2.45, 2.75) is 79.3 Å². The molecule has 0 saturated carbocycles. The monoisotopic (exact) mass is 450 g/mol. The van der Waals surface area contributed by atoms with Gasteiger partial charge < -0.3 is 9.80 Å². The van der Waals surface area contributed by atoms with Crippen LogP contribution in [0.2, 0.25) is 0 Å². The highest BCUT2D eigenvalue weighted by atomic mass is 16.2. The molecule has 2 rings (SSSR count). The molecule has 2 atom stereocenters. The Morgan fingerprint density at radius 1 is 0.625 bits per heavy atom. The maximum atomic E-state index is 12.6. The van der Waals surface area contributed by atoms with Gasteiger partial charge in [-0.05, 0) is 25.7 Å². The lowest BCUT2D eigenvalue weighted by molar-refractivity contribution is -0.152. The first-order valence-electron chi connectivity index (χ1n) is 11.0. The highest BCUT2D eigenvalue weighted by Gasteiger charge is 2.42. The minimum absolute atomic E-state index is 0.284. The molecule has 2 fully saturated rings. The average Bonchev–Trinajstić information content (AvgIpc) is 3.37. The number of carbonyl (C=O) groups is 6. The molecule has 4 amide bonds. The fourth-order valence-corrected chi connectivity index (χ4v) is 3.76. The van der Waals surface area contributed by atoms with Crippen LogP contribution in [0.4, 0.5) is 0 Å². The summed E-state index contributed by atoms with van der Waals surface area (Å²) in [6.45, 7) is 10.4. The number of amides is 4. The summed E-state index contributed by atoms with van der Waals surface area (Å²) in [6, 6.07) is -1.73. The van der Waals surface area contributed by atoms with Gasteiger partial charge in [-0.3, -0.25) is 39.6 Å². The molecular weight excluding hydrogens is 416 g/mol. The Balaban J connectivity index is 1.99. The summed E-state index contributed by atoms with van der Waals surface area (Å²) < 4.78 is 0. The highest BCUT2D eigenvalue weighted by molar-refractivity contribution is 6.38. The normalized spacial score (nSPS) is 21.3. The molecule has 2 saturated heterocycles. The molecule has 32 heavy (non-hydrogen) atoms. The van der Waals surface area contributed by atoms with Crippen molar-refractivity contribution in [2.75, 3.05) is 13.1 Å². The molecule has 178 valence electrons. The van der Waals surface area contributed by atoms with E-state index in [0.29, 0.717) is 25.7 Å². The van der Waals surface area contributed by atoms with E-state index in [1.165, 1.54) is 9.80 Å². The quantitative estimate of drug-likeness (QED) is 0.469. The van der Waals surface area contributed by atoms with Crippen LogP contribution in [0.3, 0.4) is 0 Å². The van der Waals surface area contributed by atoms with E-state index < -0.39 is 58.1 Å². The molecule has 0 aromatic heterocycles. The molecule has 2 unspecified atom stereocenters. The summed E-state index contributed by atoms with van der Waals surface area (Å²) in [5, 5.41) is 0. The van der Waals surface area contributed by atoms with E-state index in [-0.39, 0.29) is 13.1 Å². The van der Waals surface area contributed by atoms with Gasteiger partial charge in [-0.2, -0.15) is 0 Å². The van der Waals surface area contributed by atoms with Gasteiger partial charge in [0.05, 0.1) is 0 Å². The van der Waals surface area contributed by atoms with Crippen molar-refractivity contribution in [3.05, 3.63) is 0 Å². The zero-order chi connectivity index (χ0) is 24.4. The molecular formula is C22H34N4O6. The summed E-state index contributed by atoms with van der Waals surface area (Å²) in [5.74, 6) is -3.79. The third-order valence-corrected chi connectivity index (χ3v) is 5.69. The van der Waals surface area contributed by atoms with Crippen LogP contribution in [0.1, 0.15) is 67.2 Å². The number of hydrogen-bond acceptors (Lipinski definition) is 6. The summed E-state index contributed by atoms with van der Waals surface area (Å²) >= 11 is 0. The van der Waals surface area contributed by atoms with Crippen LogP contribution in [0, 0.1) is 10.8 Å². The number of hydrazine groups is 1. The number of nitrogens with zero attached hydrogens (tertiary/aromatic N) is 2. The van der Waals surface area contributed by atoms with Gasteiger partial charge in [0.2, 0.25) is 11.6 Å². The van der Waals surface area contributed by atoms with Crippen molar-refractivity contribution in [2.24, 2.45) is 10.8 Å². The third-order valence-electron chi connectivity index (χ3n) is 5.69. The number of ketones is 2. The topological polar surface area (TPSA) is 133 Å². The van der Waals surface area contributed by atoms with Gasteiger partial charge in [0.1, 0.15) is 12.1 Å². The van der Waals surface area contributed by atoms with E-state index in [4.69, 9.17) is 0 Å². The van der Waals surface area contributed by atoms with Crippen molar-refractivity contribution in [1.29, 1.82) is 0 Å². The molecule has 0 spiro atoms. The minimum atomic E-state index is -0.863. The first-order chi connectivity index (χ1) is 14.7. The SMILES string of the molecule is CC(C)(C)C(=O)C(=O)N1CCCC1C(=O)NNC(=O)C1CCCN1C(=O)C(=O)C(C)(C)C. The molecule has 0 aliphatic carbocycles. The minimum Gasteiger partial charge on any atom is -0.324 e. The standard InChI is InChI=1S/C22H34N4O6/c1-21(2,3)15(27)19(31)25-11-7-9-13(25)17(29)23-24-18(30)14-10-8-12-26(14)20(32)16(28)22(4,5)6/h13-14H,7-12H2,1-6H3,(H,23,29)(H,24,30). The smallest absolute Gasteiger partial charge is 0.291 e. The molecule has 2 aliphatic heterocycles. The fourth-order valence-electron chi connectivity index (χ4n) is 3.76. The second-order valence-electron chi connectivity index (χ2n) is 10.4. The maximum absolute atomic E-state index is 12.6. The van der Waals surface area contributed by atoms with Gasteiger partial charge >= 0.3 is 0 Å². The fraction of sp³-hybridized carbons (Fsp3) is 0.727. The molecule has 0 aromatic rings. The number of rotatable bonds is 4. The lowest BCUT2D eigenvalue weighted by atomic mass is 9.90. The van der Waals surface area contributed by atoms with Gasteiger partial charge in [0.25, 0.3) is 23.6 Å². The Kier molecular flexibility index (Phi) is 7.47. The van der Waals surface area contributed by atoms with Crippen LogP contribution in [0.5, 0.6) is 0 Å². The summed E-state index contributed by atoms with van der Waals surface area (Å²) in [6.07, 6.45) is 1.88. The summed E-state index contributed by atoms with van der Waals surface area (Å²) in [7, 11) is 0. The third kappa shape index (κ3) is 5.52. The molecule has 0 bridgehead atoms. The van der Waals surface area contributed by atoms with Crippen molar-refractivity contribution in [1.82, 2.24) is 20.7 Å². The Bertz CT molecular complexity index is 755. The van der Waals surface area contributed by atoms with Gasteiger partial charge in [-0.1, -0.05) is 41.5 Å². The number of hydrogen-bond donors (Lipinski definition) is 2. The van der Waals surface area contributed by atoms with Crippen molar-refractivity contribution in [3.8, 4) is 0 Å². The van der Waals surface area contributed by atoms with Crippen LogP contribution in [0.25, 0.3) is 0 Å². The first-order valence-corrected chi connectivity index (χ1v) is 11.0.